The van der Waals surface area contributed by atoms with Gasteiger partial charge in [0.1, 0.15) is 0 Å². The van der Waals surface area contributed by atoms with E-state index in [4.69, 9.17) is 0 Å². The SMILES string of the molecule is CCc1ccc(C(=O)N/N=C(/C)c2ccccn2)cc1. The van der Waals surface area contributed by atoms with Gasteiger partial charge in [-0.05, 0) is 43.2 Å². The van der Waals surface area contributed by atoms with E-state index in [2.05, 4.69) is 22.4 Å². The Morgan fingerprint density at radius 1 is 1.20 bits per heavy atom. The van der Waals surface area contributed by atoms with Crippen LogP contribution in [0.15, 0.2) is 53.8 Å². The maximum absolute atomic E-state index is 11.9. The normalized spacial score (nSPS) is 11.2. The molecule has 0 radical (unpaired) electrons. The average Bonchev–Trinajstić information content (AvgIpc) is 2.53. The molecule has 4 heteroatoms. The number of nitrogens with zero attached hydrogens (tertiary/aromatic N) is 2. The number of carbonyl (C=O) groups excluding carboxylic acids is 1. The molecule has 0 aliphatic heterocycles. The number of rotatable bonds is 4. The second kappa shape index (κ2) is 6.61. The molecule has 102 valence electrons. The molecule has 0 unspecified atom stereocenters. The Morgan fingerprint density at radius 3 is 2.55 bits per heavy atom. The minimum absolute atomic E-state index is 0.220. The van der Waals surface area contributed by atoms with Crippen LogP contribution in [0.1, 0.15) is 35.5 Å². The summed E-state index contributed by atoms with van der Waals surface area (Å²) >= 11 is 0. The van der Waals surface area contributed by atoms with Gasteiger partial charge in [-0.25, -0.2) is 5.43 Å². The predicted molar refractivity (Wildman–Crippen MR) is 79.7 cm³/mol. The van der Waals surface area contributed by atoms with Gasteiger partial charge in [-0.1, -0.05) is 25.1 Å². The van der Waals surface area contributed by atoms with Crippen LogP contribution in [0, 0.1) is 0 Å². The molecule has 2 rings (SSSR count). The lowest BCUT2D eigenvalue weighted by atomic mass is 10.1. The topological polar surface area (TPSA) is 54.4 Å². The number of amides is 1. The molecule has 1 aromatic heterocycles. The summed E-state index contributed by atoms with van der Waals surface area (Å²) in [7, 11) is 0. The van der Waals surface area contributed by atoms with Crippen molar-refractivity contribution in [1.29, 1.82) is 0 Å². The molecule has 0 spiro atoms. The van der Waals surface area contributed by atoms with Crippen molar-refractivity contribution in [2.45, 2.75) is 20.3 Å². The Kier molecular flexibility index (Phi) is 4.60. The zero-order valence-corrected chi connectivity index (χ0v) is 11.6. The minimum Gasteiger partial charge on any atom is -0.267 e. The fourth-order valence-corrected chi connectivity index (χ4v) is 1.73. The Labute approximate surface area is 118 Å². The number of hydrogen-bond donors (Lipinski definition) is 1. The van der Waals surface area contributed by atoms with E-state index < -0.39 is 0 Å². The van der Waals surface area contributed by atoms with Crippen molar-refractivity contribution in [3.05, 3.63) is 65.5 Å². The second-order valence-corrected chi connectivity index (χ2v) is 4.40. The molecule has 2 aromatic rings. The van der Waals surface area contributed by atoms with Gasteiger partial charge in [0.15, 0.2) is 0 Å². The molecule has 0 aliphatic carbocycles. The largest absolute Gasteiger partial charge is 0.271 e. The lowest BCUT2D eigenvalue weighted by Crippen LogP contribution is -2.19. The van der Waals surface area contributed by atoms with Crippen LogP contribution >= 0.6 is 0 Å². The van der Waals surface area contributed by atoms with Gasteiger partial charge >= 0.3 is 0 Å². The van der Waals surface area contributed by atoms with Crippen molar-refractivity contribution < 1.29 is 4.79 Å². The summed E-state index contributed by atoms with van der Waals surface area (Å²) in [5.41, 5.74) is 5.76. The molecule has 0 aliphatic rings. The fraction of sp³-hybridized carbons (Fsp3) is 0.188. The van der Waals surface area contributed by atoms with E-state index in [9.17, 15) is 4.79 Å². The molecular weight excluding hydrogens is 250 g/mol. The molecule has 4 nitrogen and oxygen atoms in total. The minimum atomic E-state index is -0.220. The van der Waals surface area contributed by atoms with E-state index in [1.165, 1.54) is 5.56 Å². The summed E-state index contributed by atoms with van der Waals surface area (Å²) in [6, 6.07) is 13.1. The summed E-state index contributed by atoms with van der Waals surface area (Å²) in [6.45, 7) is 3.89. The first-order valence-corrected chi connectivity index (χ1v) is 6.55. The zero-order chi connectivity index (χ0) is 14.4. The van der Waals surface area contributed by atoms with E-state index >= 15 is 0 Å². The quantitative estimate of drug-likeness (QED) is 0.684. The highest BCUT2D eigenvalue weighted by molar-refractivity contribution is 5.99. The molecule has 0 bridgehead atoms. The summed E-state index contributed by atoms with van der Waals surface area (Å²) in [6.07, 6.45) is 2.65. The Bertz CT molecular complexity index is 603. The van der Waals surface area contributed by atoms with Crippen molar-refractivity contribution in [2.24, 2.45) is 5.10 Å². The third-order valence-electron chi connectivity index (χ3n) is 2.99. The van der Waals surface area contributed by atoms with Gasteiger partial charge < -0.3 is 0 Å². The number of aryl methyl sites for hydroxylation is 1. The highest BCUT2D eigenvalue weighted by Crippen LogP contribution is 2.05. The van der Waals surface area contributed by atoms with Crippen molar-refractivity contribution in [3.8, 4) is 0 Å². The lowest BCUT2D eigenvalue weighted by Gasteiger charge is -2.03. The van der Waals surface area contributed by atoms with Gasteiger partial charge in [0.2, 0.25) is 0 Å². The van der Waals surface area contributed by atoms with Crippen molar-refractivity contribution in [3.63, 3.8) is 0 Å². The first-order chi connectivity index (χ1) is 9.70. The van der Waals surface area contributed by atoms with Crippen molar-refractivity contribution >= 4 is 11.6 Å². The molecular formula is C16H17N3O. The van der Waals surface area contributed by atoms with Crippen LogP contribution in [-0.2, 0) is 6.42 Å². The third-order valence-corrected chi connectivity index (χ3v) is 2.99. The highest BCUT2D eigenvalue weighted by atomic mass is 16.2. The number of aromatic nitrogens is 1. The number of benzene rings is 1. The summed E-state index contributed by atoms with van der Waals surface area (Å²) < 4.78 is 0. The van der Waals surface area contributed by atoms with Crippen LogP contribution in [-0.4, -0.2) is 16.6 Å². The fourth-order valence-electron chi connectivity index (χ4n) is 1.73. The number of nitrogens with one attached hydrogen (secondary N) is 1. The van der Waals surface area contributed by atoms with Crippen LogP contribution in [0.3, 0.4) is 0 Å². The van der Waals surface area contributed by atoms with Gasteiger partial charge in [-0.3, -0.25) is 9.78 Å². The second-order valence-electron chi connectivity index (χ2n) is 4.40. The zero-order valence-electron chi connectivity index (χ0n) is 11.6. The highest BCUT2D eigenvalue weighted by Gasteiger charge is 2.04. The monoisotopic (exact) mass is 267 g/mol. The molecule has 1 N–H and O–H groups in total. The van der Waals surface area contributed by atoms with Crippen LogP contribution in [0.4, 0.5) is 0 Å². The van der Waals surface area contributed by atoms with E-state index in [0.29, 0.717) is 11.3 Å². The third kappa shape index (κ3) is 3.51. The predicted octanol–water partition coefficient (Wildman–Crippen LogP) is 2.80. The molecule has 1 heterocycles. The van der Waals surface area contributed by atoms with E-state index in [1.807, 2.05) is 37.3 Å². The molecule has 20 heavy (non-hydrogen) atoms. The van der Waals surface area contributed by atoms with Crippen molar-refractivity contribution in [1.82, 2.24) is 10.4 Å². The Hall–Kier alpha value is -2.49. The molecule has 1 amide bonds. The number of hydrazone groups is 1. The molecule has 0 atom stereocenters. The standard InChI is InChI=1S/C16H17N3O/c1-3-13-7-9-14(10-8-13)16(20)19-18-12(2)15-6-4-5-11-17-15/h4-11H,3H2,1-2H3,(H,19,20)/b18-12-. The van der Waals surface area contributed by atoms with E-state index in [1.54, 1.807) is 18.3 Å². The Morgan fingerprint density at radius 2 is 1.95 bits per heavy atom. The van der Waals surface area contributed by atoms with Crippen molar-refractivity contribution in [2.75, 3.05) is 0 Å². The van der Waals surface area contributed by atoms with Crippen LogP contribution in [0.25, 0.3) is 0 Å². The molecule has 0 fully saturated rings. The summed E-state index contributed by atoms with van der Waals surface area (Å²) in [5, 5.41) is 4.07. The summed E-state index contributed by atoms with van der Waals surface area (Å²) in [4.78, 5) is 16.1. The number of hydrogen-bond acceptors (Lipinski definition) is 3. The van der Waals surface area contributed by atoms with Gasteiger partial charge in [0.05, 0.1) is 11.4 Å². The van der Waals surface area contributed by atoms with Gasteiger partial charge in [-0.2, -0.15) is 5.10 Å². The van der Waals surface area contributed by atoms with Crippen LogP contribution in [0.5, 0.6) is 0 Å². The number of carbonyl (C=O) groups is 1. The van der Waals surface area contributed by atoms with Gasteiger partial charge in [-0.15, -0.1) is 0 Å². The molecule has 1 aromatic carbocycles. The molecule has 0 saturated carbocycles. The first-order valence-electron chi connectivity index (χ1n) is 6.55. The Balaban J connectivity index is 2.04. The summed E-state index contributed by atoms with van der Waals surface area (Å²) in [5.74, 6) is -0.220. The lowest BCUT2D eigenvalue weighted by molar-refractivity contribution is 0.0955. The smallest absolute Gasteiger partial charge is 0.267 e. The molecule has 0 saturated heterocycles. The van der Waals surface area contributed by atoms with Gasteiger partial charge in [0, 0.05) is 11.8 Å². The maximum atomic E-state index is 11.9. The van der Waals surface area contributed by atoms with E-state index in [-0.39, 0.29) is 5.91 Å². The first kappa shape index (κ1) is 13.9. The van der Waals surface area contributed by atoms with Crippen LogP contribution in [0.2, 0.25) is 0 Å². The van der Waals surface area contributed by atoms with Gasteiger partial charge in [0.25, 0.3) is 5.91 Å². The van der Waals surface area contributed by atoms with E-state index in [0.717, 1.165) is 12.1 Å². The maximum Gasteiger partial charge on any atom is 0.271 e. The average molecular weight is 267 g/mol. The van der Waals surface area contributed by atoms with Crippen LogP contribution < -0.4 is 5.43 Å². The number of pyridine rings is 1.